The van der Waals surface area contributed by atoms with Crippen LogP contribution >= 0.6 is 0 Å². The van der Waals surface area contributed by atoms with E-state index in [2.05, 4.69) is 58.6 Å². The number of rotatable bonds is 3. The lowest BCUT2D eigenvalue weighted by atomic mass is 10.1. The van der Waals surface area contributed by atoms with Crippen molar-refractivity contribution in [3.05, 3.63) is 48.6 Å². The zero-order valence-corrected chi connectivity index (χ0v) is 9.25. The highest BCUT2D eigenvalue weighted by Crippen LogP contribution is 2.20. The Morgan fingerprint density at radius 2 is 1.64 bits per heavy atom. The van der Waals surface area contributed by atoms with Gasteiger partial charge in [0.15, 0.2) is 0 Å². The van der Waals surface area contributed by atoms with Crippen molar-refractivity contribution in [3.8, 4) is 0 Å². The predicted molar refractivity (Wildman–Crippen MR) is 63.6 cm³/mol. The van der Waals surface area contributed by atoms with Gasteiger partial charge in [0.2, 0.25) is 0 Å². The van der Waals surface area contributed by atoms with Crippen molar-refractivity contribution in [2.45, 2.75) is 0 Å². The highest BCUT2D eigenvalue weighted by molar-refractivity contribution is 5.59. The van der Waals surface area contributed by atoms with Gasteiger partial charge in [0.25, 0.3) is 0 Å². The molecule has 0 amide bonds. The molecule has 0 N–H and O–H groups in total. The molecule has 1 rings (SSSR count). The van der Waals surface area contributed by atoms with Crippen LogP contribution in [0, 0.1) is 0 Å². The lowest BCUT2D eigenvalue weighted by molar-refractivity contribution is -0.795. The highest BCUT2D eigenvalue weighted by Gasteiger charge is 2.14. The zero-order chi connectivity index (χ0) is 10.8. The number of benzene rings is 1. The summed E-state index contributed by atoms with van der Waals surface area (Å²) < 4.78 is 0.757. The van der Waals surface area contributed by atoms with Gasteiger partial charge >= 0.3 is 0 Å². The Bertz CT molecular complexity index is 338. The largest absolute Gasteiger partial charge is 0.298 e. The van der Waals surface area contributed by atoms with E-state index in [-0.39, 0.29) is 0 Å². The molecule has 0 aromatic heterocycles. The Kier molecular flexibility index (Phi) is 2.92. The zero-order valence-electron chi connectivity index (χ0n) is 9.25. The van der Waals surface area contributed by atoms with Crippen LogP contribution < -0.4 is 0 Å². The van der Waals surface area contributed by atoms with E-state index in [1.165, 1.54) is 5.56 Å². The van der Waals surface area contributed by atoms with E-state index in [0.29, 0.717) is 0 Å². The van der Waals surface area contributed by atoms with Crippen molar-refractivity contribution in [1.82, 2.24) is 0 Å². The molecule has 0 unspecified atom stereocenters. The quantitative estimate of drug-likeness (QED) is 0.640. The molecule has 0 radical (unpaired) electrons. The first-order valence-electron chi connectivity index (χ1n) is 4.69. The average Bonchev–Trinajstić information content (AvgIpc) is 2.15. The van der Waals surface area contributed by atoms with Gasteiger partial charge in [-0.05, 0) is 24.3 Å². The van der Waals surface area contributed by atoms with Crippen LogP contribution in [0.3, 0.4) is 0 Å². The second kappa shape index (κ2) is 3.81. The van der Waals surface area contributed by atoms with Crippen molar-refractivity contribution in [2.75, 3.05) is 21.1 Å². The Hall–Kier alpha value is -1.34. The summed E-state index contributed by atoms with van der Waals surface area (Å²) in [5, 5.41) is 0. The van der Waals surface area contributed by atoms with Crippen LogP contribution in [0.25, 0.3) is 11.8 Å². The summed E-state index contributed by atoms with van der Waals surface area (Å²) in [6, 6.07) is 8.29. The summed E-state index contributed by atoms with van der Waals surface area (Å²) in [5.74, 6) is 0. The van der Waals surface area contributed by atoms with Gasteiger partial charge in [0.1, 0.15) is 5.70 Å². The second-order valence-electron chi connectivity index (χ2n) is 4.29. The Morgan fingerprint density at radius 1 is 1.14 bits per heavy atom. The third-order valence-electron chi connectivity index (χ3n) is 2.29. The van der Waals surface area contributed by atoms with Crippen molar-refractivity contribution in [1.29, 1.82) is 0 Å². The van der Waals surface area contributed by atoms with Crippen LogP contribution in [0.5, 0.6) is 0 Å². The van der Waals surface area contributed by atoms with E-state index in [9.17, 15) is 0 Å². The third-order valence-corrected chi connectivity index (χ3v) is 2.29. The number of hydrogen-bond acceptors (Lipinski definition) is 0. The monoisotopic (exact) mass is 188 g/mol. The molecule has 0 saturated carbocycles. The van der Waals surface area contributed by atoms with Gasteiger partial charge in [-0.15, -0.1) is 0 Å². The fourth-order valence-electron chi connectivity index (χ4n) is 1.20. The Labute approximate surface area is 86.6 Å². The summed E-state index contributed by atoms with van der Waals surface area (Å²) >= 11 is 0. The summed E-state index contributed by atoms with van der Waals surface area (Å²) in [6.45, 7) is 7.83. The molecule has 0 aliphatic heterocycles. The molecule has 0 heterocycles. The van der Waals surface area contributed by atoms with Crippen molar-refractivity contribution in [2.24, 2.45) is 0 Å². The topological polar surface area (TPSA) is 0 Å². The normalized spacial score (nSPS) is 11.1. The molecule has 0 bridgehead atoms. The Balaban J connectivity index is 2.98. The van der Waals surface area contributed by atoms with Gasteiger partial charge in [-0.25, -0.2) is 0 Å². The van der Waals surface area contributed by atoms with Crippen LogP contribution in [0.4, 0.5) is 0 Å². The van der Waals surface area contributed by atoms with E-state index in [0.717, 1.165) is 15.7 Å². The van der Waals surface area contributed by atoms with Gasteiger partial charge < -0.3 is 0 Å². The van der Waals surface area contributed by atoms with E-state index < -0.39 is 0 Å². The summed E-state index contributed by atoms with van der Waals surface area (Å²) in [4.78, 5) is 0. The molecular formula is C13H18N+. The smallest absolute Gasteiger partial charge is 0.132 e. The molecule has 0 aliphatic rings. The molecule has 74 valence electrons. The molecular weight excluding hydrogens is 170 g/mol. The molecule has 14 heavy (non-hydrogen) atoms. The Morgan fingerprint density at radius 3 is 2.00 bits per heavy atom. The maximum Gasteiger partial charge on any atom is 0.132 e. The van der Waals surface area contributed by atoms with Gasteiger partial charge in [-0.1, -0.05) is 24.8 Å². The molecule has 1 aromatic carbocycles. The van der Waals surface area contributed by atoms with E-state index in [1.807, 2.05) is 6.08 Å². The molecule has 0 saturated heterocycles. The molecule has 1 heteroatoms. The fourth-order valence-corrected chi connectivity index (χ4v) is 1.20. The van der Waals surface area contributed by atoms with Gasteiger partial charge in [-0.2, -0.15) is 0 Å². The van der Waals surface area contributed by atoms with Crippen LogP contribution in [0.2, 0.25) is 0 Å². The van der Waals surface area contributed by atoms with E-state index in [1.54, 1.807) is 0 Å². The first-order chi connectivity index (χ1) is 6.45. The lowest BCUT2D eigenvalue weighted by Crippen LogP contribution is -2.31. The maximum atomic E-state index is 4.10. The third kappa shape index (κ3) is 2.33. The second-order valence-corrected chi connectivity index (χ2v) is 4.29. The summed E-state index contributed by atoms with van der Waals surface area (Å²) in [7, 11) is 6.34. The van der Waals surface area contributed by atoms with E-state index >= 15 is 0 Å². The first kappa shape index (κ1) is 10.7. The van der Waals surface area contributed by atoms with Crippen LogP contribution in [0.15, 0.2) is 37.4 Å². The van der Waals surface area contributed by atoms with Crippen molar-refractivity contribution >= 4 is 11.8 Å². The molecule has 0 spiro atoms. The SMILES string of the molecule is C=Cc1ccc(C(=C)[N+](C)(C)C)cc1. The van der Waals surface area contributed by atoms with Crippen LogP contribution in [-0.4, -0.2) is 25.6 Å². The first-order valence-corrected chi connectivity index (χ1v) is 4.69. The molecule has 0 aliphatic carbocycles. The van der Waals surface area contributed by atoms with E-state index in [4.69, 9.17) is 0 Å². The average molecular weight is 188 g/mol. The van der Waals surface area contributed by atoms with Gasteiger partial charge in [0, 0.05) is 5.56 Å². The molecule has 0 fully saturated rings. The van der Waals surface area contributed by atoms with Crippen molar-refractivity contribution < 1.29 is 4.48 Å². The predicted octanol–water partition coefficient (Wildman–Crippen LogP) is 3.01. The maximum absolute atomic E-state index is 4.10. The van der Waals surface area contributed by atoms with Gasteiger partial charge in [-0.3, -0.25) is 4.48 Å². The summed E-state index contributed by atoms with van der Waals surface area (Å²) in [5.41, 5.74) is 3.44. The molecule has 1 aromatic rings. The lowest BCUT2D eigenvalue weighted by Gasteiger charge is -2.25. The highest BCUT2D eigenvalue weighted by atomic mass is 15.3. The number of hydrogen-bond donors (Lipinski definition) is 0. The van der Waals surface area contributed by atoms with Crippen LogP contribution in [0.1, 0.15) is 11.1 Å². The number of nitrogens with zero attached hydrogens (tertiary/aromatic N) is 1. The standard InChI is InChI=1S/C13H18N/c1-6-12-7-9-13(10-8-12)11(2)14(3,4)5/h6-10H,1-2H2,3-5H3/q+1. The minimum absolute atomic E-state index is 0.757. The minimum atomic E-state index is 0.757. The summed E-state index contributed by atoms with van der Waals surface area (Å²) in [6.07, 6.45) is 1.85. The van der Waals surface area contributed by atoms with Crippen molar-refractivity contribution in [3.63, 3.8) is 0 Å². The fraction of sp³-hybridized carbons (Fsp3) is 0.231. The minimum Gasteiger partial charge on any atom is -0.298 e. The van der Waals surface area contributed by atoms with Crippen LogP contribution in [-0.2, 0) is 0 Å². The number of quaternary nitrogens is 1. The molecule has 0 atom stereocenters. The van der Waals surface area contributed by atoms with Gasteiger partial charge in [0.05, 0.1) is 21.1 Å². The molecule has 1 nitrogen and oxygen atoms in total.